The molecule has 3 rings (SSSR count). The van der Waals surface area contributed by atoms with Gasteiger partial charge in [0.1, 0.15) is 0 Å². The summed E-state index contributed by atoms with van der Waals surface area (Å²) in [6.07, 6.45) is 0.271. The third-order valence-corrected chi connectivity index (χ3v) is 5.15. The molecule has 1 aromatic rings. The lowest BCUT2D eigenvalue weighted by Crippen LogP contribution is -2.36. The van der Waals surface area contributed by atoms with E-state index in [0.717, 1.165) is 19.6 Å². The number of hydrogen-bond donors (Lipinski definition) is 0. The summed E-state index contributed by atoms with van der Waals surface area (Å²) in [5, 5.41) is 0. The second kappa shape index (κ2) is 8.79. The number of rotatable bonds is 6. The van der Waals surface area contributed by atoms with Gasteiger partial charge < -0.3 is 19.1 Å². The maximum Gasteiger partial charge on any atom is 0.227 e. The molecule has 1 amide bonds. The summed E-state index contributed by atoms with van der Waals surface area (Å²) in [6.45, 7) is 5.36. The summed E-state index contributed by atoms with van der Waals surface area (Å²) in [5.41, 5.74) is 0.656. The van der Waals surface area contributed by atoms with Crippen molar-refractivity contribution < 1.29 is 23.4 Å². The molecule has 0 bridgehead atoms. The number of ether oxygens (including phenoxy) is 3. The molecule has 26 heavy (non-hydrogen) atoms. The maximum absolute atomic E-state index is 13.8. The van der Waals surface area contributed by atoms with Crippen molar-refractivity contribution in [3.8, 4) is 5.75 Å². The lowest BCUT2D eigenvalue weighted by atomic mass is 10.1. The molecule has 0 N–H and O–H groups in total. The van der Waals surface area contributed by atoms with E-state index >= 15 is 0 Å². The average molecular weight is 366 g/mol. The van der Waals surface area contributed by atoms with Crippen molar-refractivity contribution >= 4 is 5.91 Å². The van der Waals surface area contributed by atoms with Gasteiger partial charge in [0, 0.05) is 45.8 Å². The molecule has 0 radical (unpaired) electrons. The molecule has 2 aliphatic heterocycles. The number of benzene rings is 1. The van der Waals surface area contributed by atoms with Crippen molar-refractivity contribution in [1.82, 2.24) is 9.80 Å². The topological polar surface area (TPSA) is 51.2 Å². The van der Waals surface area contributed by atoms with Crippen LogP contribution in [0.3, 0.4) is 0 Å². The van der Waals surface area contributed by atoms with Crippen molar-refractivity contribution in [2.24, 2.45) is 5.92 Å². The van der Waals surface area contributed by atoms with Gasteiger partial charge in [-0.15, -0.1) is 0 Å². The van der Waals surface area contributed by atoms with Gasteiger partial charge in [0.15, 0.2) is 11.6 Å². The van der Waals surface area contributed by atoms with Crippen LogP contribution in [0.5, 0.6) is 5.75 Å². The second-order valence-electron chi connectivity index (χ2n) is 6.91. The first-order chi connectivity index (χ1) is 12.6. The molecule has 0 spiro atoms. The van der Waals surface area contributed by atoms with Gasteiger partial charge >= 0.3 is 0 Å². The predicted octanol–water partition coefficient (Wildman–Crippen LogP) is 1.18. The number of methoxy groups -OCH3 is 2. The molecule has 144 valence electrons. The highest BCUT2D eigenvalue weighted by Gasteiger charge is 2.38. The fraction of sp³-hybridized carbons (Fsp3) is 0.632. The molecule has 6 nitrogen and oxygen atoms in total. The largest absolute Gasteiger partial charge is 0.494 e. The van der Waals surface area contributed by atoms with Crippen LogP contribution in [0.4, 0.5) is 4.39 Å². The molecule has 2 saturated heterocycles. The number of carbonyl (C=O) groups excluding carboxylic acids is 1. The molecule has 2 aliphatic rings. The molecule has 0 saturated carbocycles. The molecular formula is C19H27FN2O4. The maximum atomic E-state index is 13.8. The van der Waals surface area contributed by atoms with Gasteiger partial charge in [0.05, 0.1) is 32.8 Å². The van der Waals surface area contributed by atoms with Gasteiger partial charge in [-0.3, -0.25) is 9.69 Å². The zero-order chi connectivity index (χ0) is 18.5. The Morgan fingerprint density at radius 3 is 2.88 bits per heavy atom. The minimum atomic E-state index is -0.443. The first kappa shape index (κ1) is 19.1. The van der Waals surface area contributed by atoms with E-state index in [1.165, 1.54) is 13.2 Å². The Balaban J connectivity index is 1.57. The highest BCUT2D eigenvalue weighted by Crippen LogP contribution is 2.25. The minimum absolute atomic E-state index is 0.00896. The molecule has 0 aromatic heterocycles. The third kappa shape index (κ3) is 4.52. The van der Waals surface area contributed by atoms with Crippen molar-refractivity contribution in [3.05, 3.63) is 29.6 Å². The lowest BCUT2D eigenvalue weighted by molar-refractivity contribution is -0.130. The standard InChI is InChI=1S/C19H27FN2O4/c1-24-7-5-21-6-8-26-18-13-22(12-15(18)11-21)19(23)10-14-3-4-17(25-2)16(20)9-14/h3-4,9,15,18H,5-8,10-13H2,1-2H3/t15-,18+/m0/s1. The fourth-order valence-corrected chi connectivity index (χ4v) is 3.70. The number of fused-ring (bicyclic) bond motifs is 1. The molecule has 7 heteroatoms. The Labute approximate surface area is 153 Å². The SMILES string of the molecule is COCCN1CCO[C@@H]2CN(C(=O)Cc3ccc(OC)c(F)c3)C[C@@H]2C1. The number of halogens is 1. The Kier molecular flexibility index (Phi) is 6.45. The highest BCUT2D eigenvalue weighted by atomic mass is 19.1. The van der Waals surface area contributed by atoms with E-state index in [0.29, 0.717) is 37.8 Å². The Hall–Kier alpha value is -1.70. The van der Waals surface area contributed by atoms with Gasteiger partial charge in [0.25, 0.3) is 0 Å². The molecule has 1 aromatic carbocycles. The summed E-state index contributed by atoms with van der Waals surface area (Å²) < 4.78 is 29.9. The van der Waals surface area contributed by atoms with Crippen molar-refractivity contribution in [1.29, 1.82) is 0 Å². The van der Waals surface area contributed by atoms with Gasteiger partial charge in [-0.2, -0.15) is 0 Å². The lowest BCUT2D eigenvalue weighted by Gasteiger charge is -2.23. The summed E-state index contributed by atoms with van der Waals surface area (Å²) in [4.78, 5) is 16.8. The smallest absolute Gasteiger partial charge is 0.227 e. The van der Waals surface area contributed by atoms with E-state index in [9.17, 15) is 9.18 Å². The summed E-state index contributed by atoms with van der Waals surface area (Å²) >= 11 is 0. The van der Waals surface area contributed by atoms with Gasteiger partial charge in [-0.05, 0) is 17.7 Å². The van der Waals surface area contributed by atoms with E-state index in [-0.39, 0.29) is 24.2 Å². The summed E-state index contributed by atoms with van der Waals surface area (Å²) in [6, 6.07) is 4.66. The fourth-order valence-electron chi connectivity index (χ4n) is 3.70. The van der Waals surface area contributed by atoms with E-state index in [2.05, 4.69) is 4.90 Å². The highest BCUT2D eigenvalue weighted by molar-refractivity contribution is 5.79. The van der Waals surface area contributed by atoms with Gasteiger partial charge in [-0.1, -0.05) is 6.07 Å². The normalized spacial score (nSPS) is 23.6. The van der Waals surface area contributed by atoms with Crippen LogP contribution in [0.25, 0.3) is 0 Å². The molecule has 0 unspecified atom stereocenters. The van der Waals surface area contributed by atoms with Crippen LogP contribution in [0.2, 0.25) is 0 Å². The van der Waals surface area contributed by atoms with Gasteiger partial charge in [-0.25, -0.2) is 4.39 Å². The number of nitrogens with zero attached hydrogens (tertiary/aromatic N) is 2. The summed E-state index contributed by atoms with van der Waals surface area (Å²) in [7, 11) is 3.13. The number of likely N-dealkylation sites (tertiary alicyclic amines) is 1. The molecule has 0 aliphatic carbocycles. The third-order valence-electron chi connectivity index (χ3n) is 5.15. The van der Waals surface area contributed by atoms with Gasteiger partial charge in [0.2, 0.25) is 5.91 Å². The number of carbonyl (C=O) groups is 1. The van der Waals surface area contributed by atoms with Crippen molar-refractivity contribution in [2.45, 2.75) is 12.5 Å². The first-order valence-electron chi connectivity index (χ1n) is 9.03. The van der Waals surface area contributed by atoms with Crippen molar-refractivity contribution in [2.75, 3.05) is 60.2 Å². The molecule has 2 heterocycles. The minimum Gasteiger partial charge on any atom is -0.494 e. The van der Waals surface area contributed by atoms with Crippen LogP contribution >= 0.6 is 0 Å². The number of hydrogen-bond acceptors (Lipinski definition) is 5. The van der Waals surface area contributed by atoms with Crippen LogP contribution in [0, 0.1) is 11.7 Å². The predicted molar refractivity (Wildman–Crippen MR) is 94.8 cm³/mol. The van der Waals surface area contributed by atoms with Crippen LogP contribution in [0.1, 0.15) is 5.56 Å². The van der Waals surface area contributed by atoms with Crippen molar-refractivity contribution in [3.63, 3.8) is 0 Å². The zero-order valence-electron chi connectivity index (χ0n) is 15.4. The Morgan fingerprint density at radius 2 is 2.15 bits per heavy atom. The zero-order valence-corrected chi connectivity index (χ0v) is 15.4. The van der Waals surface area contributed by atoms with E-state index in [1.54, 1.807) is 19.2 Å². The first-order valence-corrected chi connectivity index (χ1v) is 9.03. The average Bonchev–Trinajstić information content (AvgIpc) is 2.93. The molecular weight excluding hydrogens is 339 g/mol. The van der Waals surface area contributed by atoms with Crippen LogP contribution in [0.15, 0.2) is 18.2 Å². The summed E-state index contributed by atoms with van der Waals surface area (Å²) in [5.74, 6) is 0.0660. The van der Waals surface area contributed by atoms with E-state index in [4.69, 9.17) is 14.2 Å². The van der Waals surface area contributed by atoms with Crippen LogP contribution in [-0.2, 0) is 20.7 Å². The second-order valence-corrected chi connectivity index (χ2v) is 6.91. The van der Waals surface area contributed by atoms with E-state index < -0.39 is 5.82 Å². The Bertz CT molecular complexity index is 626. The van der Waals surface area contributed by atoms with E-state index in [1.807, 2.05) is 4.90 Å². The quantitative estimate of drug-likeness (QED) is 0.757. The monoisotopic (exact) mass is 366 g/mol. The Morgan fingerprint density at radius 1 is 1.31 bits per heavy atom. The van der Waals surface area contributed by atoms with Crippen LogP contribution < -0.4 is 4.74 Å². The molecule has 2 atom stereocenters. The number of amides is 1. The molecule has 2 fully saturated rings. The van der Waals surface area contributed by atoms with Crippen LogP contribution in [-0.4, -0.2) is 82.0 Å².